The second-order valence-electron chi connectivity index (χ2n) is 8.05. The van der Waals surface area contributed by atoms with Crippen LogP contribution in [-0.4, -0.2) is 44.9 Å². The number of halogens is 1. The number of sulfonamides is 1. The molecule has 2 aromatic carbocycles. The lowest BCUT2D eigenvalue weighted by Gasteiger charge is -2.26. The minimum atomic E-state index is -3.74. The van der Waals surface area contributed by atoms with Crippen molar-refractivity contribution in [3.8, 4) is 11.5 Å². The van der Waals surface area contributed by atoms with Gasteiger partial charge in [0.15, 0.2) is 5.75 Å². The average molecular weight is 463 g/mol. The van der Waals surface area contributed by atoms with E-state index >= 15 is 0 Å². The van der Waals surface area contributed by atoms with Crippen LogP contribution in [-0.2, 0) is 19.6 Å². The zero-order valence-electron chi connectivity index (χ0n) is 17.8. The minimum Gasteiger partial charge on any atom is -0.455 e. The van der Waals surface area contributed by atoms with Crippen LogP contribution in [0, 0.1) is 11.7 Å². The number of morpholine rings is 1. The molecule has 7 nitrogen and oxygen atoms in total. The number of nitrogens with one attached hydrogen (secondary N) is 1. The van der Waals surface area contributed by atoms with Crippen LogP contribution in [0.1, 0.15) is 32.1 Å². The van der Waals surface area contributed by atoms with Crippen molar-refractivity contribution < 1.29 is 27.1 Å². The summed E-state index contributed by atoms with van der Waals surface area (Å²) in [6.45, 7) is 1.24. The molecule has 0 unspecified atom stereocenters. The van der Waals surface area contributed by atoms with E-state index in [-0.39, 0.29) is 35.5 Å². The molecule has 1 saturated carbocycles. The van der Waals surface area contributed by atoms with Crippen LogP contribution in [0.25, 0.3) is 0 Å². The van der Waals surface area contributed by atoms with Crippen molar-refractivity contribution in [1.29, 1.82) is 0 Å². The fourth-order valence-corrected chi connectivity index (χ4v) is 5.46. The average Bonchev–Trinajstić information content (AvgIpc) is 2.82. The molecule has 2 aliphatic rings. The molecule has 1 saturated heterocycles. The summed E-state index contributed by atoms with van der Waals surface area (Å²) in [4.78, 5) is 13.0. The van der Waals surface area contributed by atoms with Gasteiger partial charge in [0.1, 0.15) is 11.6 Å². The van der Waals surface area contributed by atoms with Crippen molar-refractivity contribution >= 4 is 21.6 Å². The highest BCUT2D eigenvalue weighted by molar-refractivity contribution is 7.89. The fourth-order valence-electron chi connectivity index (χ4n) is 4.02. The van der Waals surface area contributed by atoms with Gasteiger partial charge in [-0.3, -0.25) is 4.79 Å². The molecule has 32 heavy (non-hydrogen) atoms. The number of carbonyl (C=O) groups is 1. The Morgan fingerprint density at radius 3 is 2.41 bits per heavy atom. The van der Waals surface area contributed by atoms with E-state index in [0.29, 0.717) is 24.7 Å². The predicted molar refractivity (Wildman–Crippen MR) is 118 cm³/mol. The number of anilines is 1. The Kier molecular flexibility index (Phi) is 7.07. The van der Waals surface area contributed by atoms with Gasteiger partial charge in [-0.25, -0.2) is 12.8 Å². The summed E-state index contributed by atoms with van der Waals surface area (Å²) in [6.07, 6.45) is 4.75. The van der Waals surface area contributed by atoms with Gasteiger partial charge in [0.05, 0.1) is 23.8 Å². The van der Waals surface area contributed by atoms with Gasteiger partial charge >= 0.3 is 0 Å². The van der Waals surface area contributed by atoms with Crippen LogP contribution in [0.3, 0.4) is 0 Å². The standard InChI is InChI=1S/C23H27FN2O5S/c24-18-6-8-19(9-7-18)31-22-11-10-20(32(28,29)26-12-14-30-15-13-26)16-21(22)25-23(27)17-4-2-1-3-5-17/h6-11,16-17H,1-5,12-15H2,(H,25,27). The molecular formula is C23H27FN2O5S. The van der Waals surface area contributed by atoms with Crippen LogP contribution < -0.4 is 10.1 Å². The van der Waals surface area contributed by atoms with Crippen LogP contribution in [0.4, 0.5) is 10.1 Å². The maximum Gasteiger partial charge on any atom is 0.243 e. The monoisotopic (exact) mass is 462 g/mol. The van der Waals surface area contributed by atoms with Crippen molar-refractivity contribution in [3.63, 3.8) is 0 Å². The number of amides is 1. The number of benzene rings is 2. The van der Waals surface area contributed by atoms with Crippen LogP contribution >= 0.6 is 0 Å². The van der Waals surface area contributed by atoms with E-state index in [9.17, 15) is 17.6 Å². The summed E-state index contributed by atoms with van der Waals surface area (Å²) in [7, 11) is -3.74. The van der Waals surface area contributed by atoms with E-state index in [1.165, 1.54) is 46.8 Å². The van der Waals surface area contributed by atoms with Gasteiger partial charge in [-0.05, 0) is 55.3 Å². The van der Waals surface area contributed by atoms with E-state index in [1.807, 2.05) is 0 Å². The molecule has 1 aliphatic carbocycles. The Bertz CT molecular complexity index is 1050. The molecule has 0 bridgehead atoms. The molecule has 1 amide bonds. The maximum absolute atomic E-state index is 13.3. The largest absolute Gasteiger partial charge is 0.455 e. The predicted octanol–water partition coefficient (Wildman–Crippen LogP) is 4.16. The van der Waals surface area contributed by atoms with Crippen LogP contribution in [0.2, 0.25) is 0 Å². The minimum absolute atomic E-state index is 0.0739. The van der Waals surface area contributed by atoms with Crippen molar-refractivity contribution in [2.45, 2.75) is 37.0 Å². The summed E-state index contributed by atoms with van der Waals surface area (Å²) in [6, 6.07) is 9.90. The van der Waals surface area contributed by atoms with Crippen molar-refractivity contribution in [1.82, 2.24) is 4.31 Å². The molecule has 0 spiro atoms. The molecule has 9 heteroatoms. The van der Waals surface area contributed by atoms with E-state index in [1.54, 1.807) is 0 Å². The molecule has 2 aromatic rings. The van der Waals surface area contributed by atoms with Crippen molar-refractivity contribution in [2.75, 3.05) is 31.6 Å². The van der Waals surface area contributed by atoms with E-state index in [2.05, 4.69) is 5.32 Å². The summed E-state index contributed by atoms with van der Waals surface area (Å²) >= 11 is 0. The zero-order valence-corrected chi connectivity index (χ0v) is 18.6. The summed E-state index contributed by atoms with van der Waals surface area (Å²) in [5.74, 6) is 0.0247. The normalized spacial score (nSPS) is 18.3. The lowest BCUT2D eigenvalue weighted by atomic mass is 9.88. The molecular weight excluding hydrogens is 435 g/mol. The molecule has 1 N–H and O–H groups in total. The smallest absolute Gasteiger partial charge is 0.243 e. The van der Waals surface area contributed by atoms with Crippen molar-refractivity contribution in [2.24, 2.45) is 5.92 Å². The maximum atomic E-state index is 13.3. The van der Waals surface area contributed by atoms with Gasteiger partial charge in [-0.1, -0.05) is 19.3 Å². The third kappa shape index (κ3) is 5.28. The number of ether oxygens (including phenoxy) is 2. The Morgan fingerprint density at radius 1 is 1.03 bits per heavy atom. The van der Waals surface area contributed by atoms with Crippen LogP contribution in [0.15, 0.2) is 47.4 Å². The SMILES string of the molecule is O=C(Nc1cc(S(=O)(=O)N2CCOCC2)ccc1Oc1ccc(F)cc1)C1CCCCC1. The second-order valence-corrected chi connectivity index (χ2v) is 9.99. The first-order valence-corrected chi connectivity index (χ1v) is 12.3. The lowest BCUT2D eigenvalue weighted by molar-refractivity contribution is -0.120. The van der Waals surface area contributed by atoms with Gasteiger partial charge in [-0.15, -0.1) is 0 Å². The number of carbonyl (C=O) groups excluding carboxylic acids is 1. The molecule has 1 heterocycles. The first-order chi connectivity index (χ1) is 15.4. The molecule has 2 fully saturated rings. The highest BCUT2D eigenvalue weighted by Gasteiger charge is 2.28. The summed E-state index contributed by atoms with van der Waals surface area (Å²) in [5.41, 5.74) is 0.277. The Labute approximate surface area is 187 Å². The van der Waals surface area contributed by atoms with Gasteiger partial charge in [0.2, 0.25) is 15.9 Å². The Hall–Kier alpha value is -2.49. The van der Waals surface area contributed by atoms with Gasteiger partial charge < -0.3 is 14.8 Å². The summed E-state index contributed by atoms with van der Waals surface area (Å²) < 4.78 is 52.0. The Balaban J connectivity index is 1.64. The second kappa shape index (κ2) is 9.97. The number of hydrogen-bond donors (Lipinski definition) is 1. The van der Waals surface area contributed by atoms with Gasteiger partial charge in [0.25, 0.3) is 0 Å². The van der Waals surface area contributed by atoms with Crippen LogP contribution in [0.5, 0.6) is 11.5 Å². The lowest BCUT2D eigenvalue weighted by Crippen LogP contribution is -2.40. The van der Waals surface area contributed by atoms with E-state index < -0.39 is 15.8 Å². The summed E-state index contributed by atoms with van der Waals surface area (Å²) in [5, 5.41) is 2.88. The molecule has 0 atom stereocenters. The topological polar surface area (TPSA) is 84.9 Å². The number of hydrogen-bond acceptors (Lipinski definition) is 5. The van der Waals surface area contributed by atoms with Gasteiger partial charge in [0, 0.05) is 19.0 Å². The van der Waals surface area contributed by atoms with Gasteiger partial charge in [-0.2, -0.15) is 4.31 Å². The third-order valence-corrected chi connectivity index (χ3v) is 7.73. The van der Waals surface area contributed by atoms with E-state index in [4.69, 9.17) is 9.47 Å². The number of nitrogens with zero attached hydrogens (tertiary/aromatic N) is 1. The molecule has 1 aliphatic heterocycles. The fraction of sp³-hybridized carbons (Fsp3) is 0.435. The quantitative estimate of drug-likeness (QED) is 0.697. The highest BCUT2D eigenvalue weighted by Crippen LogP contribution is 2.34. The molecule has 0 radical (unpaired) electrons. The first kappa shape index (κ1) is 22.7. The first-order valence-electron chi connectivity index (χ1n) is 10.9. The molecule has 172 valence electrons. The number of rotatable bonds is 6. The Morgan fingerprint density at radius 2 is 1.72 bits per heavy atom. The molecule has 0 aromatic heterocycles. The third-order valence-electron chi connectivity index (χ3n) is 5.83. The molecule has 4 rings (SSSR count). The highest BCUT2D eigenvalue weighted by atomic mass is 32.2. The van der Waals surface area contributed by atoms with E-state index in [0.717, 1.165) is 32.1 Å². The van der Waals surface area contributed by atoms with Crippen molar-refractivity contribution in [3.05, 3.63) is 48.3 Å². The zero-order chi connectivity index (χ0) is 22.6.